The summed E-state index contributed by atoms with van der Waals surface area (Å²) in [5.41, 5.74) is 1.18. The Morgan fingerprint density at radius 2 is 1.77 bits per heavy atom. The van der Waals surface area contributed by atoms with E-state index in [0.717, 1.165) is 24.8 Å². The van der Waals surface area contributed by atoms with Gasteiger partial charge in [0, 0.05) is 12.1 Å². The first-order chi connectivity index (χ1) is 15.2. The van der Waals surface area contributed by atoms with Gasteiger partial charge in [-0.05, 0) is 43.5 Å². The fraction of sp³-hybridized carbons (Fsp3) is 0.348. The number of carbonyl (C=O) groups excluding carboxylic acids is 1. The van der Waals surface area contributed by atoms with Gasteiger partial charge in [-0.3, -0.25) is 4.79 Å². The SMILES string of the molecule is COc1cccc(-c2noc(C3CCCCN3C(=O)c3c(OC)cccc3OC)n2)c1. The molecule has 8 heteroatoms. The quantitative estimate of drug-likeness (QED) is 0.589. The molecule has 1 aliphatic rings. The van der Waals surface area contributed by atoms with E-state index in [-0.39, 0.29) is 11.9 Å². The monoisotopic (exact) mass is 423 g/mol. The minimum absolute atomic E-state index is 0.180. The zero-order valence-corrected chi connectivity index (χ0v) is 17.8. The van der Waals surface area contributed by atoms with Crippen LogP contribution < -0.4 is 14.2 Å². The van der Waals surface area contributed by atoms with Gasteiger partial charge in [0.15, 0.2) is 0 Å². The van der Waals surface area contributed by atoms with Crippen molar-refractivity contribution in [2.24, 2.45) is 0 Å². The van der Waals surface area contributed by atoms with Crippen molar-refractivity contribution >= 4 is 5.91 Å². The van der Waals surface area contributed by atoms with Gasteiger partial charge in [-0.15, -0.1) is 0 Å². The number of rotatable bonds is 6. The average molecular weight is 423 g/mol. The van der Waals surface area contributed by atoms with Crippen LogP contribution in [0.1, 0.15) is 41.6 Å². The molecule has 1 saturated heterocycles. The molecular formula is C23H25N3O5. The van der Waals surface area contributed by atoms with Crippen LogP contribution >= 0.6 is 0 Å². The van der Waals surface area contributed by atoms with E-state index in [4.69, 9.17) is 18.7 Å². The van der Waals surface area contributed by atoms with E-state index >= 15 is 0 Å². The molecule has 0 N–H and O–H groups in total. The summed E-state index contributed by atoms with van der Waals surface area (Å²) < 4.78 is 21.7. The summed E-state index contributed by atoms with van der Waals surface area (Å²) in [6, 6.07) is 12.4. The molecule has 0 bridgehead atoms. The number of likely N-dealkylation sites (tertiary alicyclic amines) is 1. The number of nitrogens with zero attached hydrogens (tertiary/aromatic N) is 3. The van der Waals surface area contributed by atoms with Crippen molar-refractivity contribution in [3.8, 4) is 28.6 Å². The molecule has 0 radical (unpaired) electrons. The van der Waals surface area contributed by atoms with E-state index in [1.807, 2.05) is 24.3 Å². The highest BCUT2D eigenvalue weighted by Gasteiger charge is 2.35. The van der Waals surface area contributed by atoms with E-state index in [9.17, 15) is 4.79 Å². The Balaban J connectivity index is 1.66. The highest BCUT2D eigenvalue weighted by Crippen LogP contribution is 2.36. The molecule has 31 heavy (non-hydrogen) atoms. The first-order valence-electron chi connectivity index (χ1n) is 10.2. The molecule has 1 atom stereocenters. The molecule has 162 valence electrons. The van der Waals surface area contributed by atoms with Crippen LogP contribution in [0.5, 0.6) is 17.2 Å². The maximum Gasteiger partial charge on any atom is 0.262 e. The second-order valence-electron chi connectivity index (χ2n) is 7.24. The van der Waals surface area contributed by atoms with Crippen molar-refractivity contribution in [1.82, 2.24) is 15.0 Å². The van der Waals surface area contributed by atoms with Crippen molar-refractivity contribution in [1.29, 1.82) is 0 Å². The van der Waals surface area contributed by atoms with E-state index < -0.39 is 0 Å². The summed E-state index contributed by atoms with van der Waals surface area (Å²) in [6.07, 6.45) is 2.61. The second-order valence-corrected chi connectivity index (χ2v) is 7.24. The van der Waals surface area contributed by atoms with Crippen molar-refractivity contribution in [3.63, 3.8) is 0 Å². The number of hydrogen-bond acceptors (Lipinski definition) is 7. The zero-order valence-electron chi connectivity index (χ0n) is 17.8. The molecule has 1 aliphatic heterocycles. The zero-order chi connectivity index (χ0) is 21.8. The van der Waals surface area contributed by atoms with Crippen molar-refractivity contribution in [2.75, 3.05) is 27.9 Å². The van der Waals surface area contributed by atoms with Crippen molar-refractivity contribution < 1.29 is 23.5 Å². The third kappa shape index (κ3) is 4.05. The standard InChI is InChI=1S/C23H25N3O5/c1-28-16-9-6-8-15(14-16)21-24-22(31-25-21)17-10-4-5-13-26(17)23(27)20-18(29-2)11-7-12-19(20)30-3/h6-9,11-12,14,17H,4-5,10,13H2,1-3H3. The maximum atomic E-state index is 13.6. The first kappa shape index (κ1) is 20.7. The van der Waals surface area contributed by atoms with Gasteiger partial charge in [-0.25, -0.2) is 0 Å². The minimum Gasteiger partial charge on any atom is -0.497 e. The van der Waals surface area contributed by atoms with Gasteiger partial charge in [0.05, 0.1) is 21.3 Å². The first-order valence-corrected chi connectivity index (χ1v) is 10.2. The van der Waals surface area contributed by atoms with E-state index in [2.05, 4.69) is 10.1 Å². The number of amides is 1. The fourth-order valence-electron chi connectivity index (χ4n) is 3.89. The molecule has 1 aromatic heterocycles. The Labute approximate surface area is 180 Å². The molecular weight excluding hydrogens is 398 g/mol. The van der Waals surface area contributed by atoms with Gasteiger partial charge < -0.3 is 23.6 Å². The minimum atomic E-state index is -0.317. The second kappa shape index (κ2) is 9.07. The fourth-order valence-corrected chi connectivity index (χ4v) is 3.89. The Kier molecular flexibility index (Phi) is 6.06. The molecule has 0 spiro atoms. The molecule has 1 amide bonds. The molecule has 2 heterocycles. The Bertz CT molecular complexity index is 1040. The lowest BCUT2D eigenvalue weighted by atomic mass is 10.00. The topological polar surface area (TPSA) is 86.9 Å². The van der Waals surface area contributed by atoms with E-state index in [1.54, 1.807) is 30.2 Å². The van der Waals surface area contributed by atoms with E-state index in [0.29, 0.717) is 41.1 Å². The van der Waals surface area contributed by atoms with Gasteiger partial charge in [0.25, 0.3) is 5.91 Å². The summed E-state index contributed by atoms with van der Waals surface area (Å²) in [4.78, 5) is 19.9. The smallest absolute Gasteiger partial charge is 0.262 e. The predicted octanol–water partition coefficient (Wildman–Crippen LogP) is 4.13. The number of benzene rings is 2. The molecule has 0 aliphatic carbocycles. The van der Waals surface area contributed by atoms with Crippen LogP contribution in [0.3, 0.4) is 0 Å². The number of aromatic nitrogens is 2. The molecule has 8 nitrogen and oxygen atoms in total. The van der Waals surface area contributed by atoms with Crippen LogP contribution in [-0.4, -0.2) is 48.8 Å². The Hall–Kier alpha value is -3.55. The van der Waals surface area contributed by atoms with Gasteiger partial charge in [0.2, 0.25) is 11.7 Å². The summed E-state index contributed by atoms with van der Waals surface area (Å²) in [6.45, 7) is 0.585. The van der Waals surface area contributed by atoms with Gasteiger partial charge >= 0.3 is 0 Å². The van der Waals surface area contributed by atoms with Crippen LogP contribution in [0.4, 0.5) is 0 Å². The number of piperidine rings is 1. The molecule has 2 aromatic carbocycles. The molecule has 4 rings (SSSR count). The number of carbonyl (C=O) groups is 1. The average Bonchev–Trinajstić information content (AvgIpc) is 3.33. The normalized spacial score (nSPS) is 16.1. The van der Waals surface area contributed by atoms with Crippen LogP contribution in [0.25, 0.3) is 11.4 Å². The van der Waals surface area contributed by atoms with Gasteiger partial charge in [-0.1, -0.05) is 23.4 Å². The summed E-state index contributed by atoms with van der Waals surface area (Å²) in [5, 5.41) is 4.14. The van der Waals surface area contributed by atoms with Crippen molar-refractivity contribution in [3.05, 3.63) is 53.9 Å². The summed E-state index contributed by atoms with van der Waals surface area (Å²) in [5.74, 6) is 2.34. The lowest BCUT2D eigenvalue weighted by Crippen LogP contribution is -2.39. The van der Waals surface area contributed by atoms with Gasteiger partial charge in [-0.2, -0.15) is 4.98 Å². The Morgan fingerprint density at radius 3 is 2.48 bits per heavy atom. The lowest BCUT2D eigenvalue weighted by Gasteiger charge is -2.34. The molecule has 1 fully saturated rings. The maximum absolute atomic E-state index is 13.6. The van der Waals surface area contributed by atoms with Crippen LogP contribution in [0.15, 0.2) is 47.0 Å². The number of methoxy groups -OCH3 is 3. The van der Waals surface area contributed by atoms with E-state index in [1.165, 1.54) is 14.2 Å². The summed E-state index contributed by atoms with van der Waals surface area (Å²) >= 11 is 0. The molecule has 3 aromatic rings. The predicted molar refractivity (Wildman–Crippen MR) is 113 cm³/mol. The summed E-state index contributed by atoms with van der Waals surface area (Å²) in [7, 11) is 4.69. The number of ether oxygens (including phenoxy) is 3. The third-order valence-electron chi connectivity index (χ3n) is 5.46. The van der Waals surface area contributed by atoms with Crippen LogP contribution in [0.2, 0.25) is 0 Å². The lowest BCUT2D eigenvalue weighted by molar-refractivity contribution is 0.0554. The Morgan fingerprint density at radius 1 is 1.03 bits per heavy atom. The third-order valence-corrected chi connectivity index (χ3v) is 5.46. The van der Waals surface area contributed by atoms with Crippen molar-refractivity contribution in [2.45, 2.75) is 25.3 Å². The van der Waals surface area contributed by atoms with Crippen LogP contribution in [-0.2, 0) is 0 Å². The highest BCUT2D eigenvalue weighted by molar-refractivity contribution is 6.00. The molecule has 0 saturated carbocycles. The molecule has 1 unspecified atom stereocenters. The van der Waals surface area contributed by atoms with Crippen LogP contribution in [0, 0.1) is 0 Å². The largest absolute Gasteiger partial charge is 0.497 e. The van der Waals surface area contributed by atoms with Gasteiger partial charge in [0.1, 0.15) is 28.9 Å². The number of hydrogen-bond donors (Lipinski definition) is 0. The highest BCUT2D eigenvalue weighted by atomic mass is 16.5.